The number of likely N-dealkylation sites (N-methyl/N-ethyl adjacent to an activating group) is 1. The molecule has 2 rings (SSSR count). The lowest BCUT2D eigenvalue weighted by Gasteiger charge is -2.28. The highest BCUT2D eigenvalue weighted by molar-refractivity contribution is 6.16. The first-order valence-electron chi connectivity index (χ1n) is 6.46. The first kappa shape index (κ1) is 13.6. The molecule has 1 aliphatic heterocycles. The summed E-state index contributed by atoms with van der Waals surface area (Å²) in [7, 11) is 2.17. The van der Waals surface area contributed by atoms with Crippen molar-refractivity contribution >= 4 is 17.5 Å². The average Bonchev–Trinajstić information content (AvgIpc) is 2.49. The molecule has 1 aliphatic rings. The van der Waals surface area contributed by atoms with Crippen molar-refractivity contribution < 1.29 is 0 Å². The van der Waals surface area contributed by atoms with Gasteiger partial charge in [0.25, 0.3) is 0 Å². The van der Waals surface area contributed by atoms with Crippen molar-refractivity contribution in [3.8, 4) is 0 Å². The number of aryl methyl sites for hydroxylation is 1. The van der Waals surface area contributed by atoms with Crippen LogP contribution in [0.5, 0.6) is 0 Å². The lowest BCUT2D eigenvalue weighted by atomic mass is 10.3. The van der Waals surface area contributed by atoms with Gasteiger partial charge in [0.2, 0.25) is 5.95 Å². The lowest BCUT2D eigenvalue weighted by molar-refractivity contribution is 0.337. The van der Waals surface area contributed by atoms with Crippen molar-refractivity contribution in [1.82, 2.24) is 14.9 Å². The Morgan fingerprint density at radius 1 is 1.39 bits per heavy atom. The zero-order chi connectivity index (χ0) is 13.1. The van der Waals surface area contributed by atoms with Crippen molar-refractivity contribution in [1.29, 1.82) is 0 Å². The third-order valence-electron chi connectivity index (χ3n) is 3.34. The van der Waals surface area contributed by atoms with Crippen LogP contribution in [0.3, 0.4) is 0 Å². The molecule has 1 aromatic heterocycles. The van der Waals surface area contributed by atoms with Gasteiger partial charge in [-0.15, -0.1) is 11.6 Å². The maximum Gasteiger partial charge on any atom is 0.226 e. The van der Waals surface area contributed by atoms with E-state index in [0.29, 0.717) is 11.9 Å². The van der Waals surface area contributed by atoms with Crippen molar-refractivity contribution in [3.05, 3.63) is 17.5 Å². The van der Waals surface area contributed by atoms with Crippen molar-refractivity contribution in [2.75, 3.05) is 31.6 Å². The molecule has 5 heteroatoms. The minimum atomic E-state index is 0.433. The molecule has 1 aromatic rings. The van der Waals surface area contributed by atoms with Gasteiger partial charge in [0, 0.05) is 24.8 Å². The van der Waals surface area contributed by atoms with Crippen LogP contribution in [0.2, 0.25) is 0 Å². The summed E-state index contributed by atoms with van der Waals surface area (Å²) in [6.07, 6.45) is 1.15. The zero-order valence-corrected chi connectivity index (χ0v) is 12.1. The number of hydrogen-bond donors (Lipinski definition) is 0. The van der Waals surface area contributed by atoms with Gasteiger partial charge in [0.05, 0.1) is 11.6 Å². The van der Waals surface area contributed by atoms with Crippen LogP contribution in [0.1, 0.15) is 24.7 Å². The summed E-state index contributed by atoms with van der Waals surface area (Å²) < 4.78 is 0. The topological polar surface area (TPSA) is 32.3 Å². The van der Waals surface area contributed by atoms with E-state index in [9.17, 15) is 0 Å². The van der Waals surface area contributed by atoms with E-state index in [-0.39, 0.29) is 0 Å². The van der Waals surface area contributed by atoms with Gasteiger partial charge in [-0.1, -0.05) is 0 Å². The van der Waals surface area contributed by atoms with Gasteiger partial charge in [0.15, 0.2) is 0 Å². The minimum absolute atomic E-state index is 0.433. The summed E-state index contributed by atoms with van der Waals surface area (Å²) in [5, 5.41) is 0. The molecular weight excluding hydrogens is 248 g/mol. The Labute approximate surface area is 114 Å². The van der Waals surface area contributed by atoms with Crippen molar-refractivity contribution in [2.45, 2.75) is 32.2 Å². The fourth-order valence-electron chi connectivity index (χ4n) is 2.48. The van der Waals surface area contributed by atoms with E-state index in [1.54, 1.807) is 0 Å². The molecule has 0 amide bonds. The molecule has 1 fully saturated rings. The van der Waals surface area contributed by atoms with Crippen LogP contribution in [-0.2, 0) is 5.88 Å². The third kappa shape index (κ3) is 3.12. The second-order valence-electron chi connectivity index (χ2n) is 5.09. The Hall–Kier alpha value is -0.870. The van der Waals surface area contributed by atoms with Crippen molar-refractivity contribution in [2.24, 2.45) is 0 Å². The number of alkyl halides is 1. The van der Waals surface area contributed by atoms with Crippen LogP contribution in [0, 0.1) is 6.92 Å². The summed E-state index contributed by atoms with van der Waals surface area (Å²) >= 11 is 5.88. The predicted molar refractivity (Wildman–Crippen MR) is 75.2 cm³/mol. The number of rotatable bonds is 2. The molecule has 0 aliphatic carbocycles. The minimum Gasteiger partial charge on any atom is -0.337 e. The molecule has 0 aromatic carbocycles. The van der Waals surface area contributed by atoms with Gasteiger partial charge in [-0.3, -0.25) is 0 Å². The molecule has 4 nitrogen and oxygen atoms in total. The second kappa shape index (κ2) is 5.85. The van der Waals surface area contributed by atoms with Gasteiger partial charge in [-0.25, -0.2) is 9.97 Å². The van der Waals surface area contributed by atoms with Gasteiger partial charge in [-0.2, -0.15) is 0 Å². The van der Waals surface area contributed by atoms with E-state index in [4.69, 9.17) is 11.6 Å². The van der Waals surface area contributed by atoms with E-state index in [1.165, 1.54) is 0 Å². The van der Waals surface area contributed by atoms with Crippen molar-refractivity contribution in [3.63, 3.8) is 0 Å². The normalized spacial score (nSPS) is 22.0. The molecule has 100 valence electrons. The Bertz CT molecular complexity index is 410. The van der Waals surface area contributed by atoms with Crippen LogP contribution in [0.25, 0.3) is 0 Å². The van der Waals surface area contributed by atoms with Crippen LogP contribution >= 0.6 is 11.6 Å². The molecule has 0 N–H and O–H groups in total. The maximum atomic E-state index is 5.88. The number of halogens is 1. The summed E-state index contributed by atoms with van der Waals surface area (Å²) in [6.45, 7) is 7.42. The highest BCUT2D eigenvalue weighted by atomic mass is 35.5. The number of hydrogen-bond acceptors (Lipinski definition) is 4. The Balaban J connectivity index is 2.26. The monoisotopic (exact) mass is 268 g/mol. The molecule has 1 atom stereocenters. The van der Waals surface area contributed by atoms with Gasteiger partial charge in [-0.05, 0) is 39.9 Å². The van der Waals surface area contributed by atoms with Crippen LogP contribution in [0.15, 0.2) is 6.07 Å². The second-order valence-corrected chi connectivity index (χ2v) is 5.36. The Kier molecular flexibility index (Phi) is 4.40. The molecule has 0 radical (unpaired) electrons. The largest absolute Gasteiger partial charge is 0.337 e. The highest BCUT2D eigenvalue weighted by Gasteiger charge is 2.22. The summed E-state index contributed by atoms with van der Waals surface area (Å²) in [6, 6.07) is 2.38. The first-order valence-corrected chi connectivity index (χ1v) is 6.99. The Morgan fingerprint density at radius 3 is 2.89 bits per heavy atom. The molecule has 0 saturated carbocycles. The lowest BCUT2D eigenvalue weighted by Crippen LogP contribution is -2.39. The smallest absolute Gasteiger partial charge is 0.226 e. The van der Waals surface area contributed by atoms with E-state index in [2.05, 4.69) is 33.7 Å². The molecule has 2 heterocycles. The predicted octanol–water partition coefficient (Wildman–Crippen LogP) is 2.05. The van der Waals surface area contributed by atoms with Crippen LogP contribution in [-0.4, -0.2) is 47.6 Å². The maximum absolute atomic E-state index is 5.88. The van der Waals surface area contributed by atoms with Gasteiger partial charge >= 0.3 is 0 Å². The van der Waals surface area contributed by atoms with E-state index >= 15 is 0 Å². The molecule has 1 unspecified atom stereocenters. The molecule has 18 heavy (non-hydrogen) atoms. The fraction of sp³-hybridized carbons (Fsp3) is 0.692. The fourth-order valence-corrected chi connectivity index (χ4v) is 2.62. The summed E-state index contributed by atoms with van der Waals surface area (Å²) in [5.41, 5.74) is 1.89. The Morgan fingerprint density at radius 2 is 2.17 bits per heavy atom. The summed E-state index contributed by atoms with van der Waals surface area (Å²) in [5.74, 6) is 1.27. The molecule has 0 spiro atoms. The molecule has 0 bridgehead atoms. The average molecular weight is 269 g/mol. The number of nitrogens with zero attached hydrogens (tertiary/aromatic N) is 4. The third-order valence-corrected chi connectivity index (χ3v) is 3.61. The SMILES string of the molecule is Cc1cc(CCl)nc(N2CCCN(C)CC2C)n1. The number of anilines is 1. The highest BCUT2D eigenvalue weighted by Crippen LogP contribution is 2.17. The van der Waals surface area contributed by atoms with E-state index in [1.807, 2.05) is 13.0 Å². The van der Waals surface area contributed by atoms with Gasteiger partial charge < -0.3 is 9.80 Å². The van der Waals surface area contributed by atoms with Crippen LogP contribution in [0.4, 0.5) is 5.95 Å². The quantitative estimate of drug-likeness (QED) is 0.769. The standard InChI is InChI=1S/C13H21ClN4/c1-10-7-12(8-14)16-13(15-10)18-6-4-5-17(3)9-11(18)2/h7,11H,4-6,8-9H2,1-3H3. The number of aromatic nitrogens is 2. The molecule has 1 saturated heterocycles. The zero-order valence-electron chi connectivity index (χ0n) is 11.4. The summed E-state index contributed by atoms with van der Waals surface area (Å²) in [4.78, 5) is 13.8. The molecular formula is C13H21ClN4. The van der Waals surface area contributed by atoms with Crippen LogP contribution < -0.4 is 4.90 Å². The van der Waals surface area contributed by atoms with Gasteiger partial charge in [0.1, 0.15) is 0 Å². The van der Waals surface area contributed by atoms with E-state index in [0.717, 1.165) is 43.4 Å². The first-order chi connectivity index (χ1) is 8.60. The van der Waals surface area contributed by atoms with E-state index < -0.39 is 0 Å².